The van der Waals surface area contributed by atoms with Crippen molar-refractivity contribution in [2.75, 3.05) is 13.9 Å². The second-order valence-electron chi connectivity index (χ2n) is 3.29. The van der Waals surface area contributed by atoms with Gasteiger partial charge in [0.15, 0.2) is 11.5 Å². The van der Waals surface area contributed by atoms with Gasteiger partial charge in [-0.2, -0.15) is 0 Å². The Hall–Kier alpha value is -1.75. The Morgan fingerprint density at radius 1 is 1.38 bits per heavy atom. The summed E-state index contributed by atoms with van der Waals surface area (Å²) in [6.45, 7) is 0.248. The number of aromatic nitrogens is 1. The Balaban J connectivity index is 2.15. The second-order valence-corrected chi connectivity index (χ2v) is 4.12. The Kier molecular flexibility index (Phi) is 2.18. The summed E-state index contributed by atoms with van der Waals surface area (Å²) < 4.78 is 20.0. The summed E-state index contributed by atoms with van der Waals surface area (Å²) in [7, 11) is 1.62. The molecule has 5 heteroatoms. The second kappa shape index (κ2) is 3.68. The summed E-state index contributed by atoms with van der Waals surface area (Å²) >= 11 is 1.44. The summed E-state index contributed by atoms with van der Waals surface area (Å²) in [5, 5.41) is 0. The third-order valence-corrected chi connectivity index (χ3v) is 3.18. The quantitative estimate of drug-likeness (QED) is 0.802. The van der Waals surface area contributed by atoms with Crippen LogP contribution in [0.2, 0.25) is 0 Å². The van der Waals surface area contributed by atoms with Gasteiger partial charge in [-0.15, -0.1) is 0 Å². The van der Waals surface area contributed by atoms with E-state index >= 15 is 0 Å². The third kappa shape index (κ3) is 1.40. The van der Waals surface area contributed by atoms with E-state index in [1.807, 2.05) is 18.2 Å². The van der Waals surface area contributed by atoms with Gasteiger partial charge in [0.05, 0.1) is 12.0 Å². The number of hydrogen-bond acceptors (Lipinski definition) is 5. The van der Waals surface area contributed by atoms with Gasteiger partial charge in [-0.05, 0) is 29.7 Å². The average molecular weight is 235 g/mol. The first-order valence-corrected chi connectivity index (χ1v) is 5.54. The number of ether oxygens (including phenoxy) is 3. The fraction of sp³-hybridized carbons (Fsp3) is 0.182. The summed E-state index contributed by atoms with van der Waals surface area (Å²) in [4.78, 5) is 1.08. The van der Waals surface area contributed by atoms with E-state index in [1.54, 1.807) is 13.3 Å². The number of hydrogen-bond donors (Lipinski definition) is 0. The molecule has 0 amide bonds. The number of methoxy groups -OCH3 is 1. The van der Waals surface area contributed by atoms with Gasteiger partial charge < -0.3 is 14.2 Å². The molecule has 4 nitrogen and oxygen atoms in total. The lowest BCUT2D eigenvalue weighted by Gasteiger charge is -2.06. The number of rotatable bonds is 2. The van der Waals surface area contributed by atoms with E-state index in [0.29, 0.717) is 11.5 Å². The molecular formula is C11H9NO3S. The molecule has 16 heavy (non-hydrogen) atoms. The fourth-order valence-electron chi connectivity index (χ4n) is 1.64. The summed E-state index contributed by atoms with van der Waals surface area (Å²) in [6, 6.07) is 5.83. The molecule has 0 spiro atoms. The van der Waals surface area contributed by atoms with E-state index in [0.717, 1.165) is 16.2 Å². The molecule has 0 bridgehead atoms. The highest BCUT2D eigenvalue weighted by Gasteiger charge is 2.20. The topological polar surface area (TPSA) is 40.6 Å². The SMILES string of the molecule is COc1cc(-c2ccns2)cc2c1OCO2. The molecule has 0 saturated heterocycles. The Bertz CT molecular complexity index is 510. The van der Waals surface area contributed by atoms with Crippen LogP contribution in [-0.2, 0) is 0 Å². The van der Waals surface area contributed by atoms with Crippen LogP contribution in [0.4, 0.5) is 0 Å². The minimum absolute atomic E-state index is 0.248. The van der Waals surface area contributed by atoms with Crippen molar-refractivity contribution in [3.63, 3.8) is 0 Å². The van der Waals surface area contributed by atoms with Crippen LogP contribution in [0, 0.1) is 0 Å². The van der Waals surface area contributed by atoms with E-state index in [9.17, 15) is 0 Å². The first kappa shape index (κ1) is 9.47. The average Bonchev–Trinajstić information content (AvgIpc) is 2.97. The van der Waals surface area contributed by atoms with Crippen LogP contribution in [-0.4, -0.2) is 18.3 Å². The van der Waals surface area contributed by atoms with Crippen LogP contribution in [0.15, 0.2) is 24.4 Å². The maximum Gasteiger partial charge on any atom is 0.231 e. The van der Waals surface area contributed by atoms with Crippen LogP contribution in [0.25, 0.3) is 10.4 Å². The van der Waals surface area contributed by atoms with Gasteiger partial charge >= 0.3 is 0 Å². The Morgan fingerprint density at radius 3 is 3.06 bits per heavy atom. The van der Waals surface area contributed by atoms with E-state index in [4.69, 9.17) is 14.2 Å². The van der Waals surface area contributed by atoms with Crippen molar-refractivity contribution in [3.8, 4) is 27.7 Å². The van der Waals surface area contributed by atoms with Gasteiger partial charge in [-0.1, -0.05) is 0 Å². The highest BCUT2D eigenvalue weighted by molar-refractivity contribution is 7.09. The molecular weight excluding hydrogens is 226 g/mol. The lowest BCUT2D eigenvalue weighted by molar-refractivity contribution is 0.171. The first-order chi connectivity index (χ1) is 7.88. The molecule has 0 unspecified atom stereocenters. The highest BCUT2D eigenvalue weighted by Crippen LogP contribution is 2.44. The molecule has 3 rings (SSSR count). The summed E-state index contributed by atoms with van der Waals surface area (Å²) in [5.41, 5.74) is 1.03. The van der Waals surface area contributed by atoms with Crippen LogP contribution in [0.3, 0.4) is 0 Å². The number of nitrogens with zero attached hydrogens (tertiary/aromatic N) is 1. The predicted molar refractivity (Wildman–Crippen MR) is 60.2 cm³/mol. The lowest BCUT2D eigenvalue weighted by atomic mass is 10.1. The molecule has 1 aliphatic rings. The van der Waals surface area contributed by atoms with Gasteiger partial charge in [-0.3, -0.25) is 0 Å². The highest BCUT2D eigenvalue weighted by atomic mass is 32.1. The molecule has 1 aromatic carbocycles. The zero-order valence-electron chi connectivity index (χ0n) is 8.60. The molecule has 0 fully saturated rings. The Labute approximate surface area is 96.6 Å². The lowest BCUT2D eigenvalue weighted by Crippen LogP contribution is -1.93. The molecule has 0 atom stereocenters. The van der Waals surface area contributed by atoms with Gasteiger partial charge in [0, 0.05) is 11.8 Å². The smallest absolute Gasteiger partial charge is 0.231 e. The number of fused-ring (bicyclic) bond motifs is 1. The van der Waals surface area contributed by atoms with Crippen molar-refractivity contribution in [1.29, 1.82) is 0 Å². The molecule has 2 aromatic rings. The Morgan fingerprint density at radius 2 is 2.31 bits per heavy atom. The molecule has 82 valence electrons. The first-order valence-electron chi connectivity index (χ1n) is 4.77. The summed E-state index contributed by atoms with van der Waals surface area (Å²) in [6.07, 6.45) is 1.77. The van der Waals surface area contributed by atoms with Gasteiger partial charge in [-0.25, -0.2) is 4.37 Å². The third-order valence-electron chi connectivity index (χ3n) is 2.38. The number of benzene rings is 1. The summed E-state index contributed by atoms with van der Waals surface area (Å²) in [5.74, 6) is 2.09. The normalized spacial score (nSPS) is 12.8. The molecule has 0 radical (unpaired) electrons. The zero-order valence-corrected chi connectivity index (χ0v) is 9.41. The maximum atomic E-state index is 5.36. The predicted octanol–water partition coefficient (Wildman–Crippen LogP) is 2.55. The molecule has 0 N–H and O–H groups in total. The largest absolute Gasteiger partial charge is 0.493 e. The van der Waals surface area contributed by atoms with Crippen molar-refractivity contribution in [2.24, 2.45) is 0 Å². The zero-order chi connectivity index (χ0) is 11.0. The van der Waals surface area contributed by atoms with Crippen LogP contribution in [0.5, 0.6) is 17.2 Å². The monoisotopic (exact) mass is 235 g/mol. The molecule has 1 aliphatic heterocycles. The van der Waals surface area contributed by atoms with Gasteiger partial charge in [0.1, 0.15) is 0 Å². The minimum atomic E-state index is 0.248. The van der Waals surface area contributed by atoms with Gasteiger partial charge in [0.2, 0.25) is 12.5 Å². The molecule has 0 saturated carbocycles. The van der Waals surface area contributed by atoms with Gasteiger partial charge in [0.25, 0.3) is 0 Å². The van der Waals surface area contributed by atoms with E-state index in [2.05, 4.69) is 4.37 Å². The van der Waals surface area contributed by atoms with Crippen molar-refractivity contribution >= 4 is 11.5 Å². The van der Waals surface area contributed by atoms with E-state index in [-0.39, 0.29) is 6.79 Å². The van der Waals surface area contributed by atoms with Crippen molar-refractivity contribution in [1.82, 2.24) is 4.37 Å². The maximum absolute atomic E-state index is 5.36. The van der Waals surface area contributed by atoms with E-state index in [1.165, 1.54) is 11.5 Å². The van der Waals surface area contributed by atoms with Crippen LogP contribution in [0.1, 0.15) is 0 Å². The van der Waals surface area contributed by atoms with Crippen LogP contribution < -0.4 is 14.2 Å². The van der Waals surface area contributed by atoms with Crippen molar-refractivity contribution in [3.05, 3.63) is 24.4 Å². The van der Waals surface area contributed by atoms with E-state index < -0.39 is 0 Å². The molecule has 0 aliphatic carbocycles. The van der Waals surface area contributed by atoms with Crippen LogP contribution >= 0.6 is 11.5 Å². The molecule has 1 aromatic heterocycles. The standard InChI is InChI=1S/C11H9NO3S/c1-13-8-4-7(10-2-3-12-16-10)5-9-11(8)15-6-14-9/h2-5H,6H2,1H3. The van der Waals surface area contributed by atoms with Crippen molar-refractivity contribution < 1.29 is 14.2 Å². The fourth-order valence-corrected chi connectivity index (χ4v) is 2.22. The van der Waals surface area contributed by atoms with Crippen molar-refractivity contribution in [2.45, 2.75) is 0 Å². The minimum Gasteiger partial charge on any atom is -0.493 e. The molecule has 2 heterocycles.